The van der Waals surface area contributed by atoms with Crippen molar-refractivity contribution in [2.75, 3.05) is 24.2 Å². The van der Waals surface area contributed by atoms with Crippen LogP contribution in [-0.2, 0) is 4.74 Å². The molecule has 0 spiro atoms. The molecule has 0 heterocycles. The number of esters is 1. The molecule has 0 aliphatic rings. The van der Waals surface area contributed by atoms with E-state index in [1.807, 2.05) is 6.07 Å². The van der Waals surface area contributed by atoms with E-state index in [9.17, 15) is 4.79 Å². The Morgan fingerprint density at radius 2 is 2.05 bits per heavy atom. The molecule has 1 rings (SSSR count). The lowest BCUT2D eigenvalue weighted by Crippen LogP contribution is -2.28. The van der Waals surface area contributed by atoms with Crippen molar-refractivity contribution >= 4 is 17.3 Å². The van der Waals surface area contributed by atoms with Crippen molar-refractivity contribution in [1.82, 2.24) is 0 Å². The van der Waals surface area contributed by atoms with Gasteiger partial charge in [0.25, 0.3) is 0 Å². The summed E-state index contributed by atoms with van der Waals surface area (Å²) in [4.78, 5) is 11.6. The Morgan fingerprint density at radius 1 is 1.40 bits per heavy atom. The standard InChI is InChI=1S/C16H26N2O2/c1-6-20-15(19)12-7-8-14(13(17)9-12)18-10-16(4,5)11(2)3/h7-9,11,18H,6,10,17H2,1-5H3. The Bertz CT molecular complexity index is 468. The predicted molar refractivity (Wildman–Crippen MR) is 83.9 cm³/mol. The lowest BCUT2D eigenvalue weighted by molar-refractivity contribution is 0.0526. The molecular weight excluding hydrogens is 252 g/mol. The number of carbonyl (C=O) groups excluding carboxylic acids is 1. The van der Waals surface area contributed by atoms with E-state index in [2.05, 4.69) is 33.0 Å². The molecule has 0 aliphatic heterocycles. The fourth-order valence-electron chi connectivity index (χ4n) is 1.59. The zero-order valence-electron chi connectivity index (χ0n) is 13.1. The van der Waals surface area contributed by atoms with Crippen molar-refractivity contribution < 1.29 is 9.53 Å². The van der Waals surface area contributed by atoms with Crippen molar-refractivity contribution in [2.24, 2.45) is 11.3 Å². The SMILES string of the molecule is CCOC(=O)c1ccc(NCC(C)(C)C(C)C)c(N)c1. The van der Waals surface area contributed by atoms with Crippen molar-refractivity contribution in [3.63, 3.8) is 0 Å². The molecule has 4 heteroatoms. The molecule has 0 aliphatic carbocycles. The van der Waals surface area contributed by atoms with Gasteiger partial charge in [0.05, 0.1) is 23.5 Å². The summed E-state index contributed by atoms with van der Waals surface area (Å²) >= 11 is 0. The number of rotatable bonds is 6. The third-order valence-electron chi connectivity index (χ3n) is 3.86. The molecule has 0 atom stereocenters. The molecule has 112 valence electrons. The summed E-state index contributed by atoms with van der Waals surface area (Å²) in [5.41, 5.74) is 8.07. The molecule has 1 aromatic carbocycles. The molecule has 0 aromatic heterocycles. The first kappa shape index (κ1) is 16.3. The van der Waals surface area contributed by atoms with Gasteiger partial charge >= 0.3 is 5.97 Å². The molecule has 0 unspecified atom stereocenters. The van der Waals surface area contributed by atoms with E-state index < -0.39 is 0 Å². The predicted octanol–water partition coefficient (Wildman–Crippen LogP) is 3.54. The first-order valence-corrected chi connectivity index (χ1v) is 7.08. The van der Waals surface area contributed by atoms with Crippen LogP contribution in [0.4, 0.5) is 11.4 Å². The van der Waals surface area contributed by atoms with Gasteiger partial charge in [0.1, 0.15) is 0 Å². The molecular formula is C16H26N2O2. The van der Waals surface area contributed by atoms with Crippen LogP contribution in [0.5, 0.6) is 0 Å². The van der Waals surface area contributed by atoms with Crippen LogP contribution in [0, 0.1) is 11.3 Å². The van der Waals surface area contributed by atoms with Gasteiger partial charge in [-0.05, 0) is 36.5 Å². The average molecular weight is 278 g/mol. The molecule has 0 bridgehead atoms. The van der Waals surface area contributed by atoms with Gasteiger partial charge in [-0.15, -0.1) is 0 Å². The smallest absolute Gasteiger partial charge is 0.338 e. The zero-order chi connectivity index (χ0) is 15.3. The fourth-order valence-corrected chi connectivity index (χ4v) is 1.59. The Kier molecular flexibility index (Phi) is 5.43. The van der Waals surface area contributed by atoms with Gasteiger partial charge in [0.2, 0.25) is 0 Å². The van der Waals surface area contributed by atoms with Crippen molar-refractivity contribution in [2.45, 2.75) is 34.6 Å². The van der Waals surface area contributed by atoms with Crippen LogP contribution in [0.25, 0.3) is 0 Å². The molecule has 1 aromatic rings. The second-order valence-electron chi connectivity index (χ2n) is 6.02. The number of nitrogens with one attached hydrogen (secondary N) is 1. The summed E-state index contributed by atoms with van der Waals surface area (Å²) in [7, 11) is 0. The number of anilines is 2. The lowest BCUT2D eigenvalue weighted by atomic mass is 9.81. The molecule has 4 nitrogen and oxygen atoms in total. The van der Waals surface area contributed by atoms with E-state index in [-0.39, 0.29) is 11.4 Å². The molecule has 20 heavy (non-hydrogen) atoms. The number of hydrogen-bond acceptors (Lipinski definition) is 4. The van der Waals surface area contributed by atoms with E-state index in [1.165, 1.54) is 0 Å². The van der Waals surface area contributed by atoms with Crippen molar-refractivity contribution in [3.05, 3.63) is 23.8 Å². The maximum Gasteiger partial charge on any atom is 0.338 e. The molecule has 0 radical (unpaired) electrons. The van der Waals surface area contributed by atoms with Crippen LogP contribution >= 0.6 is 0 Å². The van der Waals surface area contributed by atoms with Crippen LogP contribution in [0.3, 0.4) is 0 Å². The van der Waals surface area contributed by atoms with Crippen LogP contribution in [0.1, 0.15) is 45.0 Å². The quantitative estimate of drug-likeness (QED) is 0.617. The normalized spacial score (nSPS) is 11.5. The molecule has 0 saturated carbocycles. The van der Waals surface area contributed by atoms with Crippen molar-refractivity contribution in [3.8, 4) is 0 Å². The highest BCUT2D eigenvalue weighted by Gasteiger charge is 2.22. The maximum atomic E-state index is 11.6. The highest BCUT2D eigenvalue weighted by Crippen LogP contribution is 2.28. The molecule has 0 fully saturated rings. The van der Waals surface area contributed by atoms with Gasteiger partial charge in [-0.25, -0.2) is 4.79 Å². The summed E-state index contributed by atoms with van der Waals surface area (Å²) in [5.74, 6) is 0.225. The van der Waals surface area contributed by atoms with Gasteiger partial charge < -0.3 is 15.8 Å². The Hall–Kier alpha value is -1.71. The Labute approximate surface area is 121 Å². The highest BCUT2D eigenvalue weighted by atomic mass is 16.5. The lowest BCUT2D eigenvalue weighted by Gasteiger charge is -2.30. The second-order valence-corrected chi connectivity index (χ2v) is 6.02. The van der Waals surface area contributed by atoms with Gasteiger partial charge in [-0.1, -0.05) is 27.7 Å². The first-order valence-electron chi connectivity index (χ1n) is 7.08. The van der Waals surface area contributed by atoms with Crippen LogP contribution in [-0.4, -0.2) is 19.1 Å². The number of carbonyl (C=O) groups is 1. The topological polar surface area (TPSA) is 64.3 Å². The van der Waals surface area contributed by atoms with Crippen LogP contribution < -0.4 is 11.1 Å². The molecule has 3 N–H and O–H groups in total. The minimum absolute atomic E-state index is 0.173. The minimum Gasteiger partial charge on any atom is -0.462 e. The first-order chi connectivity index (χ1) is 9.27. The van der Waals surface area contributed by atoms with Crippen LogP contribution in [0.2, 0.25) is 0 Å². The van der Waals surface area contributed by atoms with Crippen molar-refractivity contribution in [1.29, 1.82) is 0 Å². The molecule has 0 amide bonds. The monoisotopic (exact) mass is 278 g/mol. The fraction of sp³-hybridized carbons (Fsp3) is 0.562. The van der Waals surface area contributed by atoms with Gasteiger partial charge in [-0.2, -0.15) is 0 Å². The number of ether oxygens (including phenoxy) is 1. The summed E-state index contributed by atoms with van der Waals surface area (Å²) in [6.45, 7) is 11.8. The highest BCUT2D eigenvalue weighted by molar-refractivity contribution is 5.91. The maximum absolute atomic E-state index is 11.6. The second kappa shape index (κ2) is 6.64. The summed E-state index contributed by atoms with van der Waals surface area (Å²) in [6, 6.07) is 5.22. The van der Waals surface area contributed by atoms with E-state index >= 15 is 0 Å². The summed E-state index contributed by atoms with van der Waals surface area (Å²) in [5, 5.41) is 3.36. The number of nitrogens with two attached hydrogens (primary N) is 1. The zero-order valence-corrected chi connectivity index (χ0v) is 13.1. The minimum atomic E-state index is -0.340. The number of hydrogen-bond donors (Lipinski definition) is 2. The third kappa shape index (κ3) is 4.15. The van der Waals surface area contributed by atoms with Gasteiger partial charge in [0, 0.05) is 6.54 Å². The molecule has 0 saturated heterocycles. The Morgan fingerprint density at radius 3 is 2.55 bits per heavy atom. The number of benzene rings is 1. The summed E-state index contributed by atoms with van der Waals surface area (Å²) < 4.78 is 4.95. The van der Waals surface area contributed by atoms with E-state index in [1.54, 1.807) is 19.1 Å². The number of nitrogen functional groups attached to an aromatic ring is 1. The third-order valence-corrected chi connectivity index (χ3v) is 3.86. The summed E-state index contributed by atoms with van der Waals surface area (Å²) in [6.07, 6.45) is 0. The largest absolute Gasteiger partial charge is 0.462 e. The Balaban J connectivity index is 2.77. The van der Waals surface area contributed by atoms with E-state index in [0.29, 0.717) is 23.8 Å². The van der Waals surface area contributed by atoms with Crippen LogP contribution in [0.15, 0.2) is 18.2 Å². The van der Waals surface area contributed by atoms with Gasteiger partial charge in [0.15, 0.2) is 0 Å². The van der Waals surface area contributed by atoms with Gasteiger partial charge in [-0.3, -0.25) is 0 Å². The van der Waals surface area contributed by atoms with E-state index in [4.69, 9.17) is 10.5 Å². The van der Waals surface area contributed by atoms with E-state index in [0.717, 1.165) is 12.2 Å². The average Bonchev–Trinajstić information content (AvgIpc) is 2.37.